The van der Waals surface area contributed by atoms with Crippen molar-refractivity contribution in [2.45, 2.75) is 19.4 Å². The van der Waals surface area contributed by atoms with Gasteiger partial charge in [-0.25, -0.2) is 9.97 Å². The first-order valence-electron chi connectivity index (χ1n) is 8.53. The van der Waals surface area contributed by atoms with Crippen molar-refractivity contribution >= 4 is 28.6 Å². The molecule has 0 saturated carbocycles. The Bertz CT molecular complexity index is 1000. The van der Waals surface area contributed by atoms with Gasteiger partial charge in [-0.3, -0.25) is 4.79 Å². The molecule has 0 aliphatic heterocycles. The summed E-state index contributed by atoms with van der Waals surface area (Å²) in [5.41, 5.74) is 4.02. The van der Waals surface area contributed by atoms with E-state index in [1.165, 1.54) is 0 Å². The topological polar surface area (TPSA) is 59.8 Å². The first-order chi connectivity index (χ1) is 13.2. The van der Waals surface area contributed by atoms with E-state index in [4.69, 9.17) is 0 Å². The summed E-state index contributed by atoms with van der Waals surface area (Å²) >= 11 is 3.22. The van der Waals surface area contributed by atoms with Gasteiger partial charge in [-0.05, 0) is 36.1 Å². The number of thiazole rings is 1. The number of imidazole rings is 1. The molecule has 7 heteroatoms. The molecular formula is C20H18N4OS2. The molecule has 0 aliphatic rings. The number of carbonyl (C=O) groups excluding carboxylic acids is 1. The second kappa shape index (κ2) is 7.85. The lowest BCUT2D eigenvalue weighted by Crippen LogP contribution is -2.28. The number of rotatable bonds is 6. The second-order valence-corrected chi connectivity index (χ2v) is 7.82. The summed E-state index contributed by atoms with van der Waals surface area (Å²) in [7, 11) is 0. The van der Waals surface area contributed by atoms with Gasteiger partial charge < -0.3 is 9.88 Å². The molecule has 4 aromatic rings. The van der Waals surface area contributed by atoms with Crippen molar-refractivity contribution in [2.24, 2.45) is 0 Å². The number of benzene rings is 1. The summed E-state index contributed by atoms with van der Waals surface area (Å²) in [6, 6.07) is 10.1. The van der Waals surface area contributed by atoms with Gasteiger partial charge in [0.05, 0.1) is 24.5 Å². The van der Waals surface area contributed by atoms with Crippen LogP contribution in [0.5, 0.6) is 0 Å². The quantitative estimate of drug-likeness (QED) is 0.525. The Morgan fingerprint density at radius 3 is 2.78 bits per heavy atom. The molecule has 1 unspecified atom stereocenters. The van der Waals surface area contributed by atoms with Gasteiger partial charge in [0.25, 0.3) is 0 Å². The van der Waals surface area contributed by atoms with Crippen LogP contribution in [0.15, 0.2) is 65.2 Å². The average Bonchev–Trinajstić information content (AvgIpc) is 3.43. The van der Waals surface area contributed by atoms with Crippen LogP contribution in [0.25, 0.3) is 16.3 Å². The van der Waals surface area contributed by atoms with Crippen LogP contribution < -0.4 is 5.32 Å². The van der Waals surface area contributed by atoms with E-state index in [-0.39, 0.29) is 18.4 Å². The fourth-order valence-electron chi connectivity index (χ4n) is 2.79. The monoisotopic (exact) mass is 394 g/mol. The lowest BCUT2D eigenvalue weighted by molar-refractivity contribution is -0.121. The highest BCUT2D eigenvalue weighted by molar-refractivity contribution is 7.14. The van der Waals surface area contributed by atoms with E-state index in [0.717, 1.165) is 27.5 Å². The van der Waals surface area contributed by atoms with Crippen LogP contribution in [0.4, 0.5) is 0 Å². The van der Waals surface area contributed by atoms with E-state index >= 15 is 0 Å². The number of nitrogens with zero attached hydrogens (tertiary/aromatic N) is 3. The molecule has 27 heavy (non-hydrogen) atoms. The van der Waals surface area contributed by atoms with Crippen molar-refractivity contribution in [3.63, 3.8) is 0 Å². The summed E-state index contributed by atoms with van der Waals surface area (Å²) in [6.07, 6.45) is 5.70. The van der Waals surface area contributed by atoms with Gasteiger partial charge in [0.2, 0.25) is 5.91 Å². The van der Waals surface area contributed by atoms with Crippen LogP contribution in [0, 0.1) is 0 Å². The maximum Gasteiger partial charge on any atom is 0.226 e. The largest absolute Gasteiger partial charge is 0.349 e. The molecule has 0 aliphatic carbocycles. The van der Waals surface area contributed by atoms with Crippen molar-refractivity contribution < 1.29 is 4.79 Å². The highest BCUT2D eigenvalue weighted by Gasteiger charge is 2.13. The number of hydrogen-bond donors (Lipinski definition) is 1. The Morgan fingerprint density at radius 1 is 1.22 bits per heavy atom. The lowest BCUT2D eigenvalue weighted by atomic mass is 10.1. The first kappa shape index (κ1) is 17.6. The van der Waals surface area contributed by atoms with E-state index in [0.29, 0.717) is 0 Å². The first-order valence-corrected chi connectivity index (χ1v) is 10.4. The molecule has 3 heterocycles. The Labute approximate surface area is 165 Å². The molecule has 1 atom stereocenters. The SMILES string of the molecule is CC(NC(=O)Cc1csc(-c2ccsc2)n1)c1ccc(-n2ccnc2)cc1. The fourth-order valence-corrected chi connectivity index (χ4v) is 4.33. The summed E-state index contributed by atoms with van der Waals surface area (Å²) in [5.74, 6) is -0.0247. The molecule has 0 bridgehead atoms. The standard InChI is InChI=1S/C20H18N4OS2/c1-14(15-2-4-18(5-3-15)24-8-7-21-13-24)22-19(25)10-17-12-27-20(23-17)16-6-9-26-11-16/h2-9,11-14H,10H2,1H3,(H,22,25). The Kier molecular flexibility index (Phi) is 5.13. The van der Waals surface area contributed by atoms with Crippen molar-refractivity contribution in [1.82, 2.24) is 19.9 Å². The highest BCUT2D eigenvalue weighted by Crippen LogP contribution is 2.26. The van der Waals surface area contributed by atoms with Gasteiger partial charge in [-0.15, -0.1) is 11.3 Å². The van der Waals surface area contributed by atoms with Crippen LogP contribution in [0.2, 0.25) is 0 Å². The molecule has 3 aromatic heterocycles. The van der Waals surface area contributed by atoms with Gasteiger partial charge in [0.15, 0.2) is 0 Å². The zero-order chi connectivity index (χ0) is 18.6. The van der Waals surface area contributed by atoms with Crippen molar-refractivity contribution in [2.75, 3.05) is 0 Å². The minimum absolute atomic E-state index is 0.0247. The zero-order valence-electron chi connectivity index (χ0n) is 14.7. The second-order valence-electron chi connectivity index (χ2n) is 6.18. The lowest BCUT2D eigenvalue weighted by Gasteiger charge is -2.14. The third kappa shape index (κ3) is 4.15. The van der Waals surface area contributed by atoms with Gasteiger partial charge >= 0.3 is 0 Å². The van der Waals surface area contributed by atoms with Crippen LogP contribution in [0.1, 0.15) is 24.2 Å². The van der Waals surface area contributed by atoms with Crippen LogP contribution in [-0.4, -0.2) is 20.4 Å². The predicted octanol–water partition coefficient (Wildman–Crippen LogP) is 4.48. The summed E-state index contributed by atoms with van der Waals surface area (Å²) in [5, 5.41) is 10.1. The molecule has 5 nitrogen and oxygen atoms in total. The van der Waals surface area contributed by atoms with Crippen LogP contribution in [-0.2, 0) is 11.2 Å². The van der Waals surface area contributed by atoms with E-state index in [9.17, 15) is 4.79 Å². The molecule has 0 radical (unpaired) electrons. The summed E-state index contributed by atoms with van der Waals surface area (Å²) in [4.78, 5) is 21.0. The Balaban J connectivity index is 1.36. The van der Waals surface area contributed by atoms with Gasteiger partial charge in [-0.2, -0.15) is 11.3 Å². The molecule has 4 rings (SSSR count). The number of nitrogens with one attached hydrogen (secondary N) is 1. The Hall–Kier alpha value is -2.77. The van der Waals surface area contributed by atoms with Gasteiger partial charge in [-0.1, -0.05) is 12.1 Å². The molecular weight excluding hydrogens is 376 g/mol. The molecule has 1 amide bonds. The van der Waals surface area contributed by atoms with Gasteiger partial charge in [0.1, 0.15) is 5.01 Å². The highest BCUT2D eigenvalue weighted by atomic mass is 32.1. The molecule has 1 aromatic carbocycles. The van der Waals surface area contributed by atoms with E-state index in [1.54, 1.807) is 35.2 Å². The number of aromatic nitrogens is 3. The van der Waals surface area contributed by atoms with Gasteiger partial charge in [0, 0.05) is 34.4 Å². The maximum absolute atomic E-state index is 12.4. The van der Waals surface area contributed by atoms with E-state index in [2.05, 4.69) is 20.7 Å². The van der Waals surface area contributed by atoms with E-state index in [1.807, 2.05) is 58.8 Å². The minimum atomic E-state index is -0.0654. The van der Waals surface area contributed by atoms with Crippen molar-refractivity contribution in [1.29, 1.82) is 0 Å². The fraction of sp³-hybridized carbons (Fsp3) is 0.150. The zero-order valence-corrected chi connectivity index (χ0v) is 16.3. The number of amides is 1. The normalized spacial score (nSPS) is 12.0. The predicted molar refractivity (Wildman–Crippen MR) is 109 cm³/mol. The summed E-state index contributed by atoms with van der Waals surface area (Å²) < 4.78 is 1.94. The number of hydrogen-bond acceptors (Lipinski definition) is 5. The molecule has 0 saturated heterocycles. The third-order valence-corrected chi connectivity index (χ3v) is 5.86. The number of thiophene rings is 1. The van der Waals surface area contributed by atoms with Crippen LogP contribution in [0.3, 0.4) is 0 Å². The molecule has 136 valence electrons. The molecule has 1 N–H and O–H groups in total. The van der Waals surface area contributed by atoms with Crippen LogP contribution >= 0.6 is 22.7 Å². The maximum atomic E-state index is 12.4. The van der Waals surface area contributed by atoms with Crippen molar-refractivity contribution in [3.8, 4) is 16.3 Å². The number of carbonyl (C=O) groups is 1. The third-order valence-electron chi connectivity index (χ3n) is 4.23. The Morgan fingerprint density at radius 2 is 2.07 bits per heavy atom. The smallest absolute Gasteiger partial charge is 0.226 e. The van der Waals surface area contributed by atoms with Crippen molar-refractivity contribution in [3.05, 3.63) is 76.5 Å². The molecule has 0 fully saturated rings. The minimum Gasteiger partial charge on any atom is -0.349 e. The molecule has 0 spiro atoms. The summed E-state index contributed by atoms with van der Waals surface area (Å²) in [6.45, 7) is 1.99. The van der Waals surface area contributed by atoms with E-state index < -0.39 is 0 Å². The average molecular weight is 395 g/mol.